The Morgan fingerprint density at radius 3 is 2.56 bits per heavy atom. The number of anilines is 1. The minimum atomic E-state index is -0.346. The first-order valence-corrected chi connectivity index (χ1v) is 11.3. The van der Waals surface area contributed by atoms with Gasteiger partial charge in [-0.3, -0.25) is 0 Å². The van der Waals surface area contributed by atoms with Gasteiger partial charge in [-0.05, 0) is 53.6 Å². The van der Waals surface area contributed by atoms with Gasteiger partial charge in [-0.15, -0.1) is 0 Å². The van der Waals surface area contributed by atoms with Crippen molar-refractivity contribution >= 4 is 23.3 Å². The van der Waals surface area contributed by atoms with Crippen LogP contribution >= 0.6 is 11.6 Å². The largest absolute Gasteiger partial charge is 0.493 e. The summed E-state index contributed by atoms with van der Waals surface area (Å²) in [7, 11) is 3.15. The predicted molar refractivity (Wildman–Crippen MR) is 133 cm³/mol. The minimum absolute atomic E-state index is 0.235. The smallest absolute Gasteiger partial charge is 0.322 e. The number of urea groups is 1. The number of methoxy groups -OCH3 is 2. The van der Waals surface area contributed by atoms with Crippen molar-refractivity contribution in [3.05, 3.63) is 107 Å². The summed E-state index contributed by atoms with van der Waals surface area (Å²) < 4.78 is 12.9. The van der Waals surface area contributed by atoms with Gasteiger partial charge in [-0.1, -0.05) is 41.9 Å². The van der Waals surface area contributed by atoms with Crippen molar-refractivity contribution in [2.75, 3.05) is 19.5 Å². The van der Waals surface area contributed by atoms with Crippen molar-refractivity contribution in [1.29, 1.82) is 0 Å². The number of para-hydroxylation sites is 1. The zero-order chi connectivity index (χ0) is 23.7. The van der Waals surface area contributed by atoms with E-state index in [1.807, 2.05) is 59.6 Å². The van der Waals surface area contributed by atoms with E-state index in [1.54, 1.807) is 32.4 Å². The molecular weight excluding hydrogens is 450 g/mol. The molecule has 1 atom stereocenters. The molecule has 3 aromatic carbocycles. The maximum Gasteiger partial charge on any atom is 0.322 e. The van der Waals surface area contributed by atoms with Gasteiger partial charge < -0.3 is 24.3 Å². The molecule has 1 aliphatic rings. The molecule has 0 aliphatic carbocycles. The van der Waals surface area contributed by atoms with E-state index in [1.165, 1.54) is 0 Å². The number of rotatable bonds is 4. The summed E-state index contributed by atoms with van der Waals surface area (Å²) in [4.78, 5) is 15.6. The van der Waals surface area contributed by atoms with Crippen molar-refractivity contribution < 1.29 is 14.3 Å². The Morgan fingerprint density at radius 2 is 1.76 bits per heavy atom. The normalized spacial score (nSPS) is 14.6. The molecule has 7 heteroatoms. The van der Waals surface area contributed by atoms with E-state index in [4.69, 9.17) is 21.1 Å². The Morgan fingerprint density at radius 1 is 0.941 bits per heavy atom. The third-order valence-corrected chi connectivity index (χ3v) is 6.26. The first-order chi connectivity index (χ1) is 16.6. The van der Waals surface area contributed by atoms with E-state index >= 15 is 0 Å². The highest BCUT2D eigenvalue weighted by Gasteiger charge is 2.33. The molecule has 0 fully saturated rings. The zero-order valence-corrected chi connectivity index (χ0v) is 19.6. The SMILES string of the molecule is COc1ccc(NC(=O)N2Cc3ccccc3-n3cccc3[C@H]2c2cccc(Cl)c2)cc1OC. The fraction of sp³-hybridized carbons (Fsp3) is 0.148. The van der Waals surface area contributed by atoms with Crippen LogP contribution in [0.25, 0.3) is 5.69 Å². The molecule has 0 saturated heterocycles. The maximum absolute atomic E-state index is 13.8. The molecule has 5 rings (SSSR count). The molecule has 2 amide bonds. The van der Waals surface area contributed by atoms with Gasteiger partial charge in [0.15, 0.2) is 11.5 Å². The monoisotopic (exact) mass is 473 g/mol. The van der Waals surface area contributed by atoms with E-state index < -0.39 is 0 Å². The number of carbonyl (C=O) groups is 1. The topological polar surface area (TPSA) is 55.7 Å². The number of ether oxygens (including phenoxy) is 2. The van der Waals surface area contributed by atoms with Crippen LogP contribution in [0.3, 0.4) is 0 Å². The lowest BCUT2D eigenvalue weighted by Gasteiger charge is -2.31. The number of benzene rings is 3. The Labute approximate surface area is 203 Å². The van der Waals surface area contributed by atoms with Crippen molar-refractivity contribution in [2.45, 2.75) is 12.6 Å². The summed E-state index contributed by atoms with van der Waals surface area (Å²) in [5.41, 5.74) is 4.63. The molecule has 34 heavy (non-hydrogen) atoms. The number of carbonyl (C=O) groups excluding carboxylic acids is 1. The highest BCUT2D eigenvalue weighted by molar-refractivity contribution is 6.30. The number of halogens is 1. The highest BCUT2D eigenvalue weighted by Crippen LogP contribution is 2.38. The number of amides is 2. The van der Waals surface area contributed by atoms with Crippen LogP contribution in [0.2, 0.25) is 5.02 Å². The highest BCUT2D eigenvalue weighted by atomic mass is 35.5. The quantitative estimate of drug-likeness (QED) is 0.379. The number of hydrogen-bond donors (Lipinski definition) is 1. The van der Waals surface area contributed by atoms with Crippen molar-refractivity contribution in [3.63, 3.8) is 0 Å². The molecule has 1 N–H and O–H groups in total. The lowest BCUT2D eigenvalue weighted by Crippen LogP contribution is -2.37. The molecule has 4 aromatic rings. The summed E-state index contributed by atoms with van der Waals surface area (Å²) in [5, 5.41) is 3.67. The number of nitrogens with one attached hydrogen (secondary N) is 1. The van der Waals surface area contributed by atoms with E-state index in [2.05, 4.69) is 22.0 Å². The Hall–Kier alpha value is -3.90. The van der Waals surface area contributed by atoms with Gasteiger partial charge in [0, 0.05) is 28.7 Å². The molecule has 2 heterocycles. The van der Waals surface area contributed by atoms with E-state index in [9.17, 15) is 4.79 Å². The van der Waals surface area contributed by atoms with Crippen LogP contribution in [0, 0.1) is 0 Å². The van der Waals surface area contributed by atoms with Gasteiger partial charge in [-0.2, -0.15) is 0 Å². The van der Waals surface area contributed by atoms with Gasteiger partial charge in [0.05, 0.1) is 32.5 Å². The van der Waals surface area contributed by atoms with Gasteiger partial charge in [0.25, 0.3) is 0 Å². The van der Waals surface area contributed by atoms with E-state index in [-0.39, 0.29) is 12.1 Å². The molecule has 1 aliphatic heterocycles. The molecule has 0 radical (unpaired) electrons. The Bertz CT molecular complexity index is 1350. The third kappa shape index (κ3) is 3.97. The molecule has 172 valence electrons. The van der Waals surface area contributed by atoms with Crippen LogP contribution in [0.15, 0.2) is 85.1 Å². The first-order valence-electron chi connectivity index (χ1n) is 10.9. The Balaban J connectivity index is 1.59. The van der Waals surface area contributed by atoms with Gasteiger partial charge in [0.2, 0.25) is 0 Å². The molecule has 0 saturated carbocycles. The van der Waals surface area contributed by atoms with Crippen LogP contribution < -0.4 is 14.8 Å². The fourth-order valence-electron chi connectivity index (χ4n) is 4.48. The van der Waals surface area contributed by atoms with Crippen LogP contribution in [-0.4, -0.2) is 29.7 Å². The first kappa shape index (κ1) is 21.9. The number of nitrogens with zero attached hydrogens (tertiary/aromatic N) is 2. The summed E-state index contributed by atoms with van der Waals surface area (Å²) in [6.45, 7) is 0.425. The average Bonchev–Trinajstić information content (AvgIpc) is 3.28. The number of aromatic nitrogens is 1. The second-order valence-electron chi connectivity index (χ2n) is 8.02. The van der Waals surface area contributed by atoms with Crippen molar-refractivity contribution in [2.24, 2.45) is 0 Å². The van der Waals surface area contributed by atoms with Gasteiger partial charge in [-0.25, -0.2) is 4.79 Å². The molecular formula is C27H24ClN3O3. The minimum Gasteiger partial charge on any atom is -0.493 e. The molecule has 0 unspecified atom stereocenters. The van der Waals surface area contributed by atoms with Crippen LogP contribution in [-0.2, 0) is 6.54 Å². The molecule has 1 aromatic heterocycles. The van der Waals surface area contributed by atoms with E-state index in [0.717, 1.165) is 22.5 Å². The summed E-state index contributed by atoms with van der Waals surface area (Å²) in [6, 6.07) is 24.6. The lowest BCUT2D eigenvalue weighted by atomic mass is 10.0. The molecule has 0 spiro atoms. The van der Waals surface area contributed by atoms with Crippen LogP contribution in [0.1, 0.15) is 22.9 Å². The standard InChI is InChI=1S/C27H24ClN3O3/c1-33-24-13-12-21(16-25(24)34-2)29-27(32)31-17-19-7-3-4-10-22(19)30-14-6-11-23(30)26(31)18-8-5-9-20(28)15-18/h3-16,26H,17H2,1-2H3,(H,29,32)/t26-/m1/s1. The lowest BCUT2D eigenvalue weighted by molar-refractivity contribution is 0.194. The molecule has 0 bridgehead atoms. The number of hydrogen-bond acceptors (Lipinski definition) is 3. The second-order valence-corrected chi connectivity index (χ2v) is 8.45. The Kier molecular flexibility index (Phi) is 5.90. The van der Waals surface area contributed by atoms with Gasteiger partial charge in [0.1, 0.15) is 0 Å². The zero-order valence-electron chi connectivity index (χ0n) is 18.9. The van der Waals surface area contributed by atoms with Crippen LogP contribution in [0.5, 0.6) is 11.5 Å². The maximum atomic E-state index is 13.8. The summed E-state index contributed by atoms with van der Waals surface area (Å²) in [5.74, 6) is 1.14. The van der Waals surface area contributed by atoms with Crippen molar-refractivity contribution in [1.82, 2.24) is 9.47 Å². The predicted octanol–water partition coefficient (Wildman–Crippen LogP) is 6.29. The summed E-state index contributed by atoms with van der Waals surface area (Å²) >= 11 is 6.36. The van der Waals surface area contributed by atoms with E-state index in [0.29, 0.717) is 28.8 Å². The fourth-order valence-corrected chi connectivity index (χ4v) is 4.67. The van der Waals surface area contributed by atoms with Crippen molar-refractivity contribution in [3.8, 4) is 17.2 Å². The summed E-state index contributed by atoms with van der Waals surface area (Å²) in [6.07, 6.45) is 2.03. The third-order valence-electron chi connectivity index (χ3n) is 6.02. The van der Waals surface area contributed by atoms with Crippen LogP contribution in [0.4, 0.5) is 10.5 Å². The average molecular weight is 474 g/mol. The molecule has 6 nitrogen and oxygen atoms in total. The second kappa shape index (κ2) is 9.15. The van der Waals surface area contributed by atoms with Gasteiger partial charge >= 0.3 is 6.03 Å². The number of fused-ring (bicyclic) bond motifs is 3.